The number of nitro benzene ring substituents is 1. The molecule has 0 bridgehead atoms. The van der Waals surface area contributed by atoms with Crippen LogP contribution in [0.15, 0.2) is 42.5 Å². The van der Waals surface area contributed by atoms with Crippen molar-refractivity contribution >= 4 is 28.9 Å². The van der Waals surface area contributed by atoms with Gasteiger partial charge >= 0.3 is 0 Å². The smallest absolute Gasteiger partial charge is 0.293 e. The van der Waals surface area contributed by atoms with Crippen LogP contribution in [0.1, 0.15) is 35.2 Å². The molecule has 1 N–H and O–H groups in total. The van der Waals surface area contributed by atoms with Crippen LogP contribution in [0, 0.1) is 10.1 Å². The summed E-state index contributed by atoms with van der Waals surface area (Å²) in [5, 5.41) is 15.4. The Labute approximate surface area is 180 Å². The molecule has 1 aliphatic heterocycles. The third-order valence-corrected chi connectivity index (χ3v) is 5.83. The molecular formula is C22H25ClN4O3. The van der Waals surface area contributed by atoms with Crippen LogP contribution in [0.3, 0.4) is 0 Å². The van der Waals surface area contributed by atoms with Gasteiger partial charge in [-0.15, -0.1) is 0 Å². The third-order valence-electron chi connectivity index (χ3n) is 5.57. The summed E-state index contributed by atoms with van der Waals surface area (Å²) >= 11 is 5.96. The maximum atomic E-state index is 13.0. The van der Waals surface area contributed by atoms with Crippen molar-refractivity contribution in [2.24, 2.45) is 0 Å². The summed E-state index contributed by atoms with van der Waals surface area (Å²) in [4.78, 5) is 28.2. The van der Waals surface area contributed by atoms with Gasteiger partial charge < -0.3 is 10.2 Å². The van der Waals surface area contributed by atoms with E-state index in [9.17, 15) is 14.9 Å². The topological polar surface area (TPSA) is 78.7 Å². The summed E-state index contributed by atoms with van der Waals surface area (Å²) in [6.45, 7) is 3.72. The number of nitro groups is 1. The second-order valence-corrected chi connectivity index (χ2v) is 8.39. The third kappa shape index (κ3) is 5.09. The van der Waals surface area contributed by atoms with Crippen LogP contribution in [-0.4, -0.2) is 52.9 Å². The summed E-state index contributed by atoms with van der Waals surface area (Å²) in [5.41, 5.74) is 2.01. The van der Waals surface area contributed by atoms with Gasteiger partial charge in [0.1, 0.15) is 5.69 Å². The Morgan fingerprint density at radius 2 is 1.87 bits per heavy atom. The molecule has 30 heavy (non-hydrogen) atoms. The van der Waals surface area contributed by atoms with E-state index < -0.39 is 4.92 Å². The molecule has 1 aliphatic carbocycles. The number of carbonyl (C=O) groups is 1. The average molecular weight is 429 g/mol. The molecule has 0 aromatic heterocycles. The predicted octanol–water partition coefficient (Wildman–Crippen LogP) is 4.17. The van der Waals surface area contributed by atoms with Gasteiger partial charge in [0, 0.05) is 55.4 Å². The molecule has 2 aromatic carbocycles. The number of hydrogen-bond donors (Lipinski definition) is 1. The number of hydrogen-bond acceptors (Lipinski definition) is 5. The lowest BCUT2D eigenvalue weighted by Crippen LogP contribution is -2.35. The fourth-order valence-electron chi connectivity index (χ4n) is 3.75. The molecule has 0 unspecified atom stereocenters. The Morgan fingerprint density at radius 3 is 2.57 bits per heavy atom. The minimum absolute atomic E-state index is 0.0352. The summed E-state index contributed by atoms with van der Waals surface area (Å²) in [5.74, 6) is -0.149. The molecule has 0 radical (unpaired) electrons. The second kappa shape index (κ2) is 9.02. The first-order valence-corrected chi connectivity index (χ1v) is 10.7. The highest BCUT2D eigenvalue weighted by Gasteiger charge is 2.27. The van der Waals surface area contributed by atoms with Gasteiger partial charge in [-0.3, -0.25) is 19.8 Å². The molecule has 2 aromatic rings. The van der Waals surface area contributed by atoms with Crippen molar-refractivity contribution in [2.75, 3.05) is 31.5 Å². The van der Waals surface area contributed by atoms with Crippen molar-refractivity contribution in [1.82, 2.24) is 9.80 Å². The molecule has 1 heterocycles. The molecule has 8 heteroatoms. The number of benzene rings is 2. The van der Waals surface area contributed by atoms with E-state index in [-0.39, 0.29) is 11.6 Å². The van der Waals surface area contributed by atoms with Crippen LogP contribution < -0.4 is 5.32 Å². The SMILES string of the molecule is O=C(c1ccc(NC2CC2)c([N+](=O)[O-])c1)N1CCCN(Cc2ccc(Cl)cc2)CC1. The number of nitrogens with one attached hydrogen (secondary N) is 1. The molecule has 1 saturated heterocycles. The molecule has 0 spiro atoms. The zero-order valence-electron chi connectivity index (χ0n) is 16.7. The van der Waals surface area contributed by atoms with Gasteiger partial charge in [-0.2, -0.15) is 0 Å². The number of amides is 1. The van der Waals surface area contributed by atoms with Gasteiger partial charge in [0.2, 0.25) is 0 Å². The Hall–Kier alpha value is -2.64. The van der Waals surface area contributed by atoms with Crippen LogP contribution in [0.2, 0.25) is 5.02 Å². The van der Waals surface area contributed by atoms with Crippen LogP contribution in [0.25, 0.3) is 0 Å². The molecular weight excluding hydrogens is 404 g/mol. The number of rotatable bonds is 6. The summed E-state index contributed by atoms with van der Waals surface area (Å²) in [6, 6.07) is 12.9. The Balaban J connectivity index is 1.41. The van der Waals surface area contributed by atoms with Gasteiger partial charge in [-0.1, -0.05) is 23.7 Å². The minimum atomic E-state index is -0.419. The van der Waals surface area contributed by atoms with E-state index in [1.165, 1.54) is 11.6 Å². The van der Waals surface area contributed by atoms with Gasteiger partial charge in [0.25, 0.3) is 11.6 Å². The number of halogens is 1. The highest BCUT2D eigenvalue weighted by atomic mass is 35.5. The Bertz CT molecular complexity index is 930. The van der Waals surface area contributed by atoms with E-state index in [0.29, 0.717) is 30.4 Å². The zero-order chi connectivity index (χ0) is 21.1. The van der Waals surface area contributed by atoms with E-state index in [2.05, 4.69) is 10.2 Å². The number of nitrogens with zero attached hydrogens (tertiary/aromatic N) is 3. The normalized spacial score (nSPS) is 17.4. The van der Waals surface area contributed by atoms with E-state index in [0.717, 1.165) is 43.9 Å². The Morgan fingerprint density at radius 1 is 1.10 bits per heavy atom. The number of carbonyl (C=O) groups excluding carboxylic acids is 1. The van der Waals surface area contributed by atoms with Crippen LogP contribution in [0.4, 0.5) is 11.4 Å². The lowest BCUT2D eigenvalue weighted by Gasteiger charge is -2.22. The van der Waals surface area contributed by atoms with Gasteiger partial charge in [-0.25, -0.2) is 0 Å². The van der Waals surface area contributed by atoms with Crippen molar-refractivity contribution in [3.63, 3.8) is 0 Å². The fourth-order valence-corrected chi connectivity index (χ4v) is 3.87. The first-order chi connectivity index (χ1) is 14.5. The zero-order valence-corrected chi connectivity index (χ0v) is 17.5. The maximum absolute atomic E-state index is 13.0. The standard InChI is InChI=1S/C22H25ClN4O3/c23-18-5-2-16(3-6-18)15-25-10-1-11-26(13-12-25)22(28)17-4-9-20(24-19-7-8-19)21(14-17)27(29)30/h2-6,9,14,19,24H,1,7-8,10-13,15H2. The van der Waals surface area contributed by atoms with E-state index in [4.69, 9.17) is 11.6 Å². The molecule has 158 valence electrons. The molecule has 2 aliphatic rings. The van der Waals surface area contributed by atoms with Crippen LogP contribution >= 0.6 is 11.6 Å². The molecule has 7 nitrogen and oxygen atoms in total. The molecule has 4 rings (SSSR count). The van der Waals surface area contributed by atoms with Crippen LogP contribution in [-0.2, 0) is 6.54 Å². The number of anilines is 1. The molecule has 1 amide bonds. The van der Waals surface area contributed by atoms with Crippen molar-refractivity contribution in [3.8, 4) is 0 Å². The first kappa shape index (κ1) is 20.6. The van der Waals surface area contributed by atoms with Crippen molar-refractivity contribution in [3.05, 3.63) is 68.7 Å². The van der Waals surface area contributed by atoms with E-state index >= 15 is 0 Å². The molecule has 2 fully saturated rings. The quantitative estimate of drug-likeness (QED) is 0.551. The summed E-state index contributed by atoms with van der Waals surface area (Å²) < 4.78 is 0. The van der Waals surface area contributed by atoms with Crippen LogP contribution in [0.5, 0.6) is 0 Å². The highest BCUT2D eigenvalue weighted by Crippen LogP contribution is 2.32. The van der Waals surface area contributed by atoms with Gasteiger partial charge in [0.15, 0.2) is 0 Å². The predicted molar refractivity (Wildman–Crippen MR) is 117 cm³/mol. The molecule has 0 atom stereocenters. The summed E-state index contributed by atoms with van der Waals surface area (Å²) in [7, 11) is 0. The Kier molecular flexibility index (Phi) is 6.20. The van der Waals surface area contributed by atoms with E-state index in [1.54, 1.807) is 17.0 Å². The highest BCUT2D eigenvalue weighted by molar-refractivity contribution is 6.30. The van der Waals surface area contributed by atoms with Gasteiger partial charge in [-0.05, 0) is 49.1 Å². The fraction of sp³-hybridized carbons (Fsp3) is 0.409. The lowest BCUT2D eigenvalue weighted by atomic mass is 10.1. The van der Waals surface area contributed by atoms with Crippen molar-refractivity contribution in [2.45, 2.75) is 31.8 Å². The average Bonchev–Trinajstić information content (AvgIpc) is 3.57. The lowest BCUT2D eigenvalue weighted by molar-refractivity contribution is -0.384. The largest absolute Gasteiger partial charge is 0.377 e. The summed E-state index contributed by atoms with van der Waals surface area (Å²) in [6.07, 6.45) is 2.92. The minimum Gasteiger partial charge on any atom is -0.377 e. The maximum Gasteiger partial charge on any atom is 0.293 e. The first-order valence-electron chi connectivity index (χ1n) is 10.3. The molecule has 1 saturated carbocycles. The van der Waals surface area contributed by atoms with Crippen molar-refractivity contribution < 1.29 is 9.72 Å². The van der Waals surface area contributed by atoms with Gasteiger partial charge in [0.05, 0.1) is 4.92 Å². The monoisotopic (exact) mass is 428 g/mol. The van der Waals surface area contributed by atoms with Crippen molar-refractivity contribution in [1.29, 1.82) is 0 Å². The van der Waals surface area contributed by atoms with E-state index in [1.807, 2.05) is 24.3 Å². The second-order valence-electron chi connectivity index (χ2n) is 7.96.